The number of alkyl halides is 6. The largest absolute Gasteiger partial charge is 0.416 e. The second-order valence-corrected chi connectivity index (χ2v) is 8.95. The zero-order valence-electron chi connectivity index (χ0n) is 18.7. The van der Waals surface area contributed by atoms with Crippen molar-refractivity contribution >= 4 is 16.5 Å². The quantitative estimate of drug-likeness (QED) is 0.331. The van der Waals surface area contributed by atoms with E-state index in [1.165, 1.54) is 0 Å². The van der Waals surface area contributed by atoms with Crippen LogP contribution >= 0.6 is 0 Å². The second-order valence-electron chi connectivity index (χ2n) is 8.95. The molecule has 0 aromatic heterocycles. The molecular formula is C25H26F6N2O. The lowest BCUT2D eigenvalue weighted by molar-refractivity contribution is -0.143. The van der Waals surface area contributed by atoms with Crippen LogP contribution in [0, 0.1) is 0 Å². The Morgan fingerprint density at radius 3 is 1.94 bits per heavy atom. The molecule has 0 spiro atoms. The van der Waals surface area contributed by atoms with E-state index < -0.39 is 35.1 Å². The number of rotatable bonds is 8. The molecule has 3 nitrogen and oxygen atoms in total. The van der Waals surface area contributed by atoms with Gasteiger partial charge in [0.2, 0.25) is 0 Å². The van der Waals surface area contributed by atoms with E-state index in [4.69, 9.17) is 0 Å². The molecule has 0 bridgehead atoms. The van der Waals surface area contributed by atoms with Crippen molar-refractivity contribution < 1.29 is 31.4 Å². The predicted molar refractivity (Wildman–Crippen MR) is 121 cm³/mol. The summed E-state index contributed by atoms with van der Waals surface area (Å²) in [5, 5.41) is 18.2. The second kappa shape index (κ2) is 9.84. The lowest BCUT2D eigenvalue weighted by Crippen LogP contribution is -2.46. The lowest BCUT2D eigenvalue weighted by atomic mass is 9.93. The predicted octanol–water partition coefficient (Wildman–Crippen LogP) is 6.26. The summed E-state index contributed by atoms with van der Waals surface area (Å²) in [6, 6.07) is 15.4. The number of benzene rings is 3. The van der Waals surface area contributed by atoms with Gasteiger partial charge in [-0.3, -0.25) is 0 Å². The summed E-state index contributed by atoms with van der Waals surface area (Å²) >= 11 is 0. The third kappa shape index (κ3) is 7.11. The van der Waals surface area contributed by atoms with Gasteiger partial charge in [-0.05, 0) is 54.8 Å². The molecule has 0 radical (unpaired) electrons. The smallest absolute Gasteiger partial charge is 0.390 e. The van der Waals surface area contributed by atoms with Crippen molar-refractivity contribution in [3.8, 4) is 0 Å². The Bertz CT molecular complexity index is 1090. The van der Waals surface area contributed by atoms with Crippen LogP contribution in [0.1, 0.15) is 30.5 Å². The number of fused-ring (bicyclic) bond motifs is 1. The molecule has 0 aliphatic carbocycles. The first-order valence-electron chi connectivity index (χ1n) is 10.7. The normalized spacial score (nSPS) is 13.8. The van der Waals surface area contributed by atoms with Crippen LogP contribution in [-0.4, -0.2) is 29.8 Å². The van der Waals surface area contributed by atoms with Gasteiger partial charge in [0, 0.05) is 24.3 Å². The molecule has 0 heterocycles. The Morgan fingerprint density at radius 2 is 1.35 bits per heavy atom. The molecule has 0 amide bonds. The van der Waals surface area contributed by atoms with Gasteiger partial charge in [-0.2, -0.15) is 26.3 Å². The van der Waals surface area contributed by atoms with Gasteiger partial charge in [0.25, 0.3) is 0 Å². The average molecular weight is 484 g/mol. The molecule has 9 heteroatoms. The molecular weight excluding hydrogens is 458 g/mol. The highest BCUT2D eigenvalue weighted by Crippen LogP contribution is 2.37. The fourth-order valence-electron chi connectivity index (χ4n) is 3.68. The fourth-order valence-corrected chi connectivity index (χ4v) is 3.68. The summed E-state index contributed by atoms with van der Waals surface area (Å²) in [7, 11) is 0. The molecule has 0 fully saturated rings. The third-order valence-electron chi connectivity index (χ3n) is 5.41. The number of aliphatic hydroxyl groups is 1. The van der Waals surface area contributed by atoms with Gasteiger partial charge in [-0.1, -0.05) is 42.5 Å². The summed E-state index contributed by atoms with van der Waals surface area (Å²) in [5.41, 5.74) is -2.50. The van der Waals surface area contributed by atoms with Gasteiger partial charge in [0.05, 0.1) is 17.2 Å². The average Bonchev–Trinajstić information content (AvgIpc) is 2.74. The summed E-state index contributed by atoms with van der Waals surface area (Å²) in [5.74, 6) is 0. The maximum atomic E-state index is 13.0. The lowest BCUT2D eigenvalue weighted by Gasteiger charge is -2.28. The highest BCUT2D eigenvalue weighted by atomic mass is 19.4. The van der Waals surface area contributed by atoms with Gasteiger partial charge in [-0.25, -0.2) is 0 Å². The van der Waals surface area contributed by atoms with Crippen LogP contribution in [0.25, 0.3) is 10.8 Å². The molecule has 1 atom stereocenters. The van der Waals surface area contributed by atoms with Crippen LogP contribution in [0.5, 0.6) is 0 Å². The van der Waals surface area contributed by atoms with Crippen molar-refractivity contribution in [3.05, 3.63) is 77.4 Å². The Kier molecular flexibility index (Phi) is 7.47. The monoisotopic (exact) mass is 484 g/mol. The van der Waals surface area contributed by atoms with E-state index in [0.29, 0.717) is 18.6 Å². The number of β-amino-alcohol motifs (C(OH)–C–C–N with tert-alkyl or cyclic N) is 1. The highest BCUT2D eigenvalue weighted by Gasteiger charge is 2.37. The Balaban J connectivity index is 1.59. The van der Waals surface area contributed by atoms with E-state index in [-0.39, 0.29) is 24.8 Å². The van der Waals surface area contributed by atoms with Crippen molar-refractivity contribution in [1.82, 2.24) is 5.32 Å². The number of anilines is 1. The standard InChI is InChI=1S/C25H26F6N2O/c1-23(2,13-16-7-8-17-5-3-4-6-18(17)9-16)33-15-22(34)14-32-21-11-19(24(26,27)28)10-20(12-21)25(29,30)31/h3-12,22,32-34H,13-15H2,1-2H3/t22-/m0/s1. The fraction of sp³-hybridized carbons (Fsp3) is 0.360. The summed E-state index contributed by atoms with van der Waals surface area (Å²) in [6.07, 6.45) is -10.2. The van der Waals surface area contributed by atoms with Crippen molar-refractivity contribution in [2.24, 2.45) is 0 Å². The number of hydrogen-bond acceptors (Lipinski definition) is 3. The first-order valence-corrected chi connectivity index (χ1v) is 10.7. The topological polar surface area (TPSA) is 44.3 Å². The maximum absolute atomic E-state index is 13.0. The van der Waals surface area contributed by atoms with Crippen LogP contribution in [0.15, 0.2) is 60.7 Å². The molecule has 0 aliphatic rings. The minimum Gasteiger partial charge on any atom is -0.390 e. The van der Waals surface area contributed by atoms with Crippen LogP contribution in [0.4, 0.5) is 32.0 Å². The van der Waals surface area contributed by atoms with Crippen molar-refractivity contribution in [2.75, 3.05) is 18.4 Å². The maximum Gasteiger partial charge on any atom is 0.416 e. The molecule has 0 aliphatic heterocycles. The zero-order chi connectivity index (χ0) is 25.1. The van der Waals surface area contributed by atoms with Crippen molar-refractivity contribution in [2.45, 2.75) is 44.3 Å². The van der Waals surface area contributed by atoms with Crippen molar-refractivity contribution in [1.29, 1.82) is 0 Å². The van der Waals surface area contributed by atoms with Crippen LogP contribution in [-0.2, 0) is 18.8 Å². The van der Waals surface area contributed by atoms with Gasteiger partial charge in [0.1, 0.15) is 0 Å². The first-order chi connectivity index (χ1) is 15.7. The summed E-state index contributed by atoms with van der Waals surface area (Å²) in [4.78, 5) is 0. The van der Waals surface area contributed by atoms with E-state index in [1.807, 2.05) is 50.2 Å². The van der Waals surface area contributed by atoms with Gasteiger partial charge >= 0.3 is 12.4 Å². The molecule has 0 unspecified atom stereocenters. The third-order valence-corrected chi connectivity index (χ3v) is 5.41. The van der Waals surface area contributed by atoms with Crippen molar-refractivity contribution in [3.63, 3.8) is 0 Å². The van der Waals surface area contributed by atoms with E-state index in [2.05, 4.69) is 16.7 Å². The SMILES string of the molecule is CC(C)(Cc1ccc2ccccc2c1)NC[C@@H](O)CNc1cc(C(F)(F)F)cc(C(F)(F)F)c1. The molecule has 34 heavy (non-hydrogen) atoms. The van der Waals surface area contributed by atoms with Gasteiger partial charge in [-0.15, -0.1) is 0 Å². The first kappa shape index (κ1) is 25.8. The molecule has 3 aromatic rings. The number of aliphatic hydroxyl groups excluding tert-OH is 1. The minimum atomic E-state index is -4.93. The minimum absolute atomic E-state index is 0.0679. The number of hydrogen-bond donors (Lipinski definition) is 3. The Labute approximate surface area is 193 Å². The zero-order valence-corrected chi connectivity index (χ0v) is 18.7. The van der Waals surface area contributed by atoms with E-state index >= 15 is 0 Å². The molecule has 3 N–H and O–H groups in total. The van der Waals surface area contributed by atoms with E-state index in [1.54, 1.807) is 0 Å². The van der Waals surface area contributed by atoms with E-state index in [9.17, 15) is 31.4 Å². The van der Waals surface area contributed by atoms with Gasteiger partial charge < -0.3 is 15.7 Å². The Morgan fingerprint density at radius 1 is 0.765 bits per heavy atom. The Hall–Kier alpha value is -2.78. The van der Waals surface area contributed by atoms with E-state index in [0.717, 1.165) is 16.3 Å². The molecule has 184 valence electrons. The molecule has 3 aromatic carbocycles. The molecule has 0 saturated carbocycles. The summed E-state index contributed by atoms with van der Waals surface area (Å²) in [6.45, 7) is 3.77. The molecule has 0 saturated heterocycles. The number of halogens is 6. The van der Waals surface area contributed by atoms with Crippen LogP contribution in [0.3, 0.4) is 0 Å². The number of nitrogens with one attached hydrogen (secondary N) is 2. The van der Waals surface area contributed by atoms with Gasteiger partial charge in [0.15, 0.2) is 0 Å². The summed E-state index contributed by atoms with van der Waals surface area (Å²) < 4.78 is 78.0. The highest BCUT2D eigenvalue weighted by molar-refractivity contribution is 5.83. The van der Waals surface area contributed by atoms with Crippen LogP contribution in [0.2, 0.25) is 0 Å². The van der Waals surface area contributed by atoms with Crippen LogP contribution < -0.4 is 10.6 Å². The molecule has 3 rings (SSSR count).